The summed E-state index contributed by atoms with van der Waals surface area (Å²) in [5.74, 6) is 0.778. The van der Waals surface area contributed by atoms with Gasteiger partial charge >= 0.3 is 0 Å². The predicted octanol–water partition coefficient (Wildman–Crippen LogP) is 3.84. The van der Waals surface area contributed by atoms with Crippen LogP contribution in [0.15, 0.2) is 43.1 Å². The van der Waals surface area contributed by atoms with E-state index in [4.69, 9.17) is 0 Å². The molecule has 7 heteroatoms. The quantitative estimate of drug-likeness (QED) is 0.673. The van der Waals surface area contributed by atoms with Gasteiger partial charge in [-0.05, 0) is 32.3 Å². The van der Waals surface area contributed by atoms with Crippen LogP contribution in [-0.4, -0.2) is 46.9 Å². The molecule has 2 aromatic heterocycles. The Bertz CT molecular complexity index is 1080. The van der Waals surface area contributed by atoms with Crippen molar-refractivity contribution in [3.63, 3.8) is 0 Å². The molecule has 3 aromatic rings. The van der Waals surface area contributed by atoms with Crippen molar-refractivity contribution < 1.29 is 9.18 Å². The van der Waals surface area contributed by atoms with Gasteiger partial charge in [0, 0.05) is 30.7 Å². The zero-order valence-electron chi connectivity index (χ0n) is 16.8. The van der Waals surface area contributed by atoms with Crippen LogP contribution in [-0.2, 0) is 0 Å². The summed E-state index contributed by atoms with van der Waals surface area (Å²) in [6.45, 7) is 8.99. The van der Waals surface area contributed by atoms with E-state index < -0.39 is 5.67 Å². The summed E-state index contributed by atoms with van der Waals surface area (Å²) in [5, 5.41) is 7.88. The van der Waals surface area contributed by atoms with Gasteiger partial charge in [0.15, 0.2) is 0 Å². The van der Waals surface area contributed by atoms with Gasteiger partial charge in [-0.25, -0.2) is 9.37 Å². The fraction of sp³-hybridized carbons (Fsp3) is 0.318. The zero-order chi connectivity index (χ0) is 20.6. The van der Waals surface area contributed by atoms with E-state index in [1.807, 2.05) is 37.3 Å². The number of nitrogens with one attached hydrogen (secondary N) is 1. The maximum atomic E-state index is 14.0. The van der Waals surface area contributed by atoms with Crippen LogP contribution in [0, 0.1) is 6.92 Å². The molecule has 1 aromatic carbocycles. The second kappa shape index (κ2) is 7.46. The van der Waals surface area contributed by atoms with Gasteiger partial charge in [0.1, 0.15) is 22.9 Å². The highest BCUT2D eigenvalue weighted by atomic mass is 19.1. The summed E-state index contributed by atoms with van der Waals surface area (Å²) < 4.78 is 14.0. The maximum absolute atomic E-state index is 14.0. The number of aryl methyl sites for hydroxylation is 1. The summed E-state index contributed by atoms with van der Waals surface area (Å²) in [5.41, 5.74) is 2.79. The van der Waals surface area contributed by atoms with Gasteiger partial charge in [0.05, 0.1) is 5.52 Å². The minimum Gasteiger partial charge on any atom is -0.356 e. The molecule has 4 rings (SSSR count). The molecule has 148 valence electrons. The number of aromatic amines is 1. The molecule has 0 bridgehead atoms. The number of hydrogen-bond acceptors (Lipinski definition) is 4. The van der Waals surface area contributed by atoms with E-state index in [-0.39, 0.29) is 13.0 Å². The first-order valence-corrected chi connectivity index (χ1v) is 9.88. The number of carbonyl (C=O) groups excluding carboxylic acids is 1. The molecule has 1 saturated heterocycles. The smallest absolute Gasteiger partial charge is 0.247 e. The van der Waals surface area contributed by atoms with Gasteiger partial charge < -0.3 is 9.69 Å². The molecular weight excluding hydrogens is 366 g/mol. The monoisotopic (exact) mass is 390 g/mol. The largest absolute Gasteiger partial charge is 0.356 e. The van der Waals surface area contributed by atoms with Crippen molar-refractivity contribution in [1.29, 1.82) is 0 Å². The number of aromatic nitrogens is 3. The lowest BCUT2D eigenvalue weighted by atomic mass is 9.62. The number of anilines is 1. The number of hydrogen-bond donors (Lipinski definition) is 1. The Balaban J connectivity index is 1.51. The van der Waals surface area contributed by atoms with Crippen molar-refractivity contribution in [2.45, 2.75) is 32.4 Å². The molecule has 5 nitrogen and oxygen atoms in total. The van der Waals surface area contributed by atoms with Gasteiger partial charge in [-0.1, -0.05) is 35.3 Å². The number of fused-ring (bicyclic) bond motifs is 1. The van der Waals surface area contributed by atoms with Crippen LogP contribution in [0.2, 0.25) is 0 Å². The number of nitrogens with zero attached hydrogens (tertiary/aromatic N) is 3. The molecule has 29 heavy (non-hydrogen) atoms. The minimum atomic E-state index is -1.10. The summed E-state index contributed by atoms with van der Waals surface area (Å²) in [6, 6.07) is 9.84. The van der Waals surface area contributed by atoms with E-state index in [1.165, 1.54) is 0 Å². The number of benzene rings is 1. The lowest BCUT2D eigenvalue weighted by Gasteiger charge is -2.34. The normalized spacial score (nSPS) is 16.0. The molecule has 1 fully saturated rings. The van der Waals surface area contributed by atoms with Crippen molar-refractivity contribution in [2.75, 3.05) is 18.0 Å². The van der Waals surface area contributed by atoms with E-state index in [0.717, 1.165) is 27.9 Å². The molecule has 1 aliphatic heterocycles. The summed E-state index contributed by atoms with van der Waals surface area (Å²) in [7, 11) is 0.201. The first-order chi connectivity index (χ1) is 13.8. The number of H-pyrrole nitrogens is 1. The number of piperidine rings is 1. The average molecular weight is 390 g/mol. The summed E-state index contributed by atoms with van der Waals surface area (Å²) in [4.78, 5) is 19.4. The van der Waals surface area contributed by atoms with Crippen LogP contribution in [0.5, 0.6) is 0 Å². The molecule has 0 saturated carbocycles. The molecular formula is C22H24BFN4O. The molecule has 0 unspecified atom stereocenters. The van der Waals surface area contributed by atoms with Crippen molar-refractivity contribution >= 4 is 35.2 Å². The van der Waals surface area contributed by atoms with Gasteiger partial charge in [-0.2, -0.15) is 5.10 Å². The predicted molar refractivity (Wildman–Crippen MR) is 117 cm³/mol. The lowest BCUT2D eigenvalue weighted by Crippen LogP contribution is -2.40. The Morgan fingerprint density at radius 2 is 2.07 bits per heavy atom. The zero-order valence-corrected chi connectivity index (χ0v) is 16.8. The fourth-order valence-electron chi connectivity index (χ4n) is 3.73. The highest BCUT2D eigenvalue weighted by molar-refractivity contribution is 6.91. The molecule has 1 N–H and O–H groups in total. The van der Waals surface area contributed by atoms with Crippen molar-refractivity contribution in [1.82, 2.24) is 15.2 Å². The van der Waals surface area contributed by atoms with Crippen LogP contribution >= 0.6 is 0 Å². The standard InChI is InChI=1S/C22H24BFN4O/c1-14-5-4-6-16(11-14)15(2)23-21(29)20-17-13-25-19(12-18(17)26-27-20)28-9-7-22(3,24)8-10-28/h4-6,11-13,23H,2,7-10H2,1,3H3,(H,26,27). The third kappa shape index (κ3) is 4.09. The molecule has 0 radical (unpaired) electrons. The van der Waals surface area contributed by atoms with E-state index in [2.05, 4.69) is 26.7 Å². The average Bonchev–Trinajstić information content (AvgIpc) is 3.11. The van der Waals surface area contributed by atoms with Crippen molar-refractivity contribution in [3.05, 3.63) is 59.9 Å². The Kier molecular flexibility index (Phi) is 4.98. The first kappa shape index (κ1) is 19.4. The van der Waals surface area contributed by atoms with Gasteiger partial charge in [-0.3, -0.25) is 5.10 Å². The van der Waals surface area contributed by atoms with E-state index in [0.29, 0.717) is 37.0 Å². The topological polar surface area (TPSA) is 61.9 Å². The number of alkyl halides is 1. The lowest BCUT2D eigenvalue weighted by molar-refractivity contribution is 0.107. The minimum absolute atomic E-state index is 0.0940. The van der Waals surface area contributed by atoms with Crippen molar-refractivity contribution in [3.8, 4) is 0 Å². The third-order valence-corrected chi connectivity index (χ3v) is 5.63. The molecule has 0 spiro atoms. The third-order valence-electron chi connectivity index (χ3n) is 5.63. The van der Waals surface area contributed by atoms with Gasteiger partial charge in [0.2, 0.25) is 7.28 Å². The summed E-state index contributed by atoms with van der Waals surface area (Å²) >= 11 is 0. The Morgan fingerprint density at radius 1 is 1.31 bits per heavy atom. The number of carbonyl (C=O) groups is 1. The first-order valence-electron chi connectivity index (χ1n) is 9.88. The molecule has 0 aliphatic carbocycles. The second-order valence-corrected chi connectivity index (χ2v) is 8.13. The number of rotatable bonds is 5. The van der Waals surface area contributed by atoms with E-state index in [1.54, 1.807) is 13.1 Å². The van der Waals surface area contributed by atoms with E-state index in [9.17, 15) is 9.18 Å². The molecule has 0 amide bonds. The number of halogens is 1. The highest BCUT2D eigenvalue weighted by Gasteiger charge is 2.30. The Morgan fingerprint density at radius 3 is 2.79 bits per heavy atom. The Hall–Kier alpha value is -2.96. The second-order valence-electron chi connectivity index (χ2n) is 8.13. The summed E-state index contributed by atoms with van der Waals surface area (Å²) in [6.07, 6.45) is 2.65. The van der Waals surface area contributed by atoms with Crippen LogP contribution < -0.4 is 4.90 Å². The van der Waals surface area contributed by atoms with Gasteiger partial charge in [-0.15, -0.1) is 6.58 Å². The van der Waals surface area contributed by atoms with Crippen LogP contribution in [0.1, 0.15) is 41.4 Å². The fourth-order valence-corrected chi connectivity index (χ4v) is 3.73. The molecule has 3 heterocycles. The Labute approximate surface area is 170 Å². The maximum Gasteiger partial charge on any atom is 0.247 e. The van der Waals surface area contributed by atoms with Crippen molar-refractivity contribution in [2.24, 2.45) is 0 Å². The molecule has 1 aliphatic rings. The van der Waals surface area contributed by atoms with Crippen LogP contribution in [0.3, 0.4) is 0 Å². The SMILES string of the molecule is C=C(BC(=O)c1n[nH]c2cc(N3CCC(C)(F)CC3)ncc12)c1cccc(C)c1. The number of pyridine rings is 1. The molecule has 0 atom stereocenters. The van der Waals surface area contributed by atoms with Gasteiger partial charge in [0.25, 0.3) is 0 Å². The highest BCUT2D eigenvalue weighted by Crippen LogP contribution is 2.29. The van der Waals surface area contributed by atoms with E-state index >= 15 is 0 Å². The van der Waals surface area contributed by atoms with Crippen LogP contribution in [0.4, 0.5) is 10.2 Å². The van der Waals surface area contributed by atoms with Crippen LogP contribution in [0.25, 0.3) is 16.4 Å².